The monoisotopic (exact) mass is 170 g/mol. The number of rotatable bonds is 3. The van der Waals surface area contributed by atoms with E-state index < -0.39 is 4.33 Å². The van der Waals surface area contributed by atoms with Crippen molar-refractivity contribution in [2.24, 2.45) is 0 Å². The molecule has 0 aromatic rings. The Morgan fingerprint density at radius 1 is 1.75 bits per heavy atom. The van der Waals surface area contributed by atoms with Crippen molar-refractivity contribution in [2.75, 3.05) is 6.61 Å². The van der Waals surface area contributed by atoms with Crippen LogP contribution in [0.15, 0.2) is 12.7 Å². The Kier molecular flexibility index (Phi) is 3.73. The van der Waals surface area contributed by atoms with Gasteiger partial charge in [-0.2, -0.15) is 0 Å². The van der Waals surface area contributed by atoms with Gasteiger partial charge in [0.05, 0.1) is 6.61 Å². The second kappa shape index (κ2) is 3.51. The third-order valence-electron chi connectivity index (χ3n) is 0.635. The fourth-order valence-electron chi connectivity index (χ4n) is 0.251. The van der Waals surface area contributed by atoms with Crippen LogP contribution in [0.2, 0.25) is 0 Å². The van der Waals surface area contributed by atoms with Crippen LogP contribution in [0.25, 0.3) is 0 Å². The fourth-order valence-corrected chi connectivity index (χ4v) is 1.29. The van der Waals surface area contributed by atoms with Gasteiger partial charge in [0.15, 0.2) is 4.33 Å². The highest BCUT2D eigenvalue weighted by atomic mass is 35.5. The van der Waals surface area contributed by atoms with Crippen LogP contribution in [0.3, 0.4) is 0 Å². The van der Waals surface area contributed by atoms with Gasteiger partial charge in [0, 0.05) is 0 Å². The SMILES string of the molecule is C=CC(Cl)(Cl)CO[SiH3]. The Morgan fingerprint density at radius 2 is 2.25 bits per heavy atom. The summed E-state index contributed by atoms with van der Waals surface area (Å²) in [5, 5.41) is 0. The molecule has 0 aliphatic carbocycles. The molecule has 0 aromatic heterocycles. The molecular weight excluding hydrogens is 163 g/mol. The average Bonchev–Trinajstić information content (AvgIpc) is 1.67. The first-order valence-corrected chi connectivity index (χ1v) is 3.70. The molecule has 0 aliphatic rings. The number of hydrogen-bond donors (Lipinski definition) is 0. The maximum Gasteiger partial charge on any atom is 0.157 e. The van der Waals surface area contributed by atoms with Crippen LogP contribution in [-0.4, -0.2) is 21.4 Å². The highest BCUT2D eigenvalue weighted by molar-refractivity contribution is 6.50. The van der Waals surface area contributed by atoms with Crippen LogP contribution in [-0.2, 0) is 4.43 Å². The summed E-state index contributed by atoms with van der Waals surface area (Å²) >= 11 is 11.1. The predicted octanol–water partition coefficient (Wildman–Crippen LogP) is 0.643. The molecule has 0 rings (SSSR count). The first kappa shape index (κ1) is 8.50. The van der Waals surface area contributed by atoms with Crippen LogP contribution >= 0.6 is 23.2 Å². The molecule has 0 atom stereocenters. The van der Waals surface area contributed by atoms with E-state index >= 15 is 0 Å². The minimum Gasteiger partial charge on any atom is -0.425 e. The quantitative estimate of drug-likeness (QED) is 0.344. The van der Waals surface area contributed by atoms with Crippen molar-refractivity contribution in [3.8, 4) is 0 Å². The van der Waals surface area contributed by atoms with Gasteiger partial charge in [-0.25, -0.2) is 0 Å². The molecule has 0 N–H and O–H groups in total. The van der Waals surface area contributed by atoms with E-state index in [-0.39, 0.29) is 0 Å². The van der Waals surface area contributed by atoms with Crippen molar-refractivity contribution in [2.45, 2.75) is 4.33 Å². The van der Waals surface area contributed by atoms with Crippen molar-refractivity contribution >= 4 is 33.7 Å². The lowest BCUT2D eigenvalue weighted by Crippen LogP contribution is -2.16. The molecule has 8 heavy (non-hydrogen) atoms. The first-order chi connectivity index (χ1) is 3.62. The summed E-state index contributed by atoms with van der Waals surface area (Å²) in [4.78, 5) is 0. The molecule has 0 fully saturated rings. The van der Waals surface area contributed by atoms with Crippen molar-refractivity contribution in [1.82, 2.24) is 0 Å². The topological polar surface area (TPSA) is 9.23 Å². The lowest BCUT2D eigenvalue weighted by molar-refractivity contribution is 0.349. The van der Waals surface area contributed by atoms with Gasteiger partial charge in [0.2, 0.25) is 0 Å². The Bertz CT molecular complexity index is 84.1. The number of alkyl halides is 2. The van der Waals surface area contributed by atoms with Gasteiger partial charge < -0.3 is 4.43 Å². The van der Waals surface area contributed by atoms with Crippen LogP contribution in [0, 0.1) is 0 Å². The Morgan fingerprint density at radius 3 is 2.38 bits per heavy atom. The summed E-state index contributed by atoms with van der Waals surface area (Å²) in [5.41, 5.74) is 0. The molecule has 0 amide bonds. The summed E-state index contributed by atoms with van der Waals surface area (Å²) in [5.74, 6) is 0. The van der Waals surface area contributed by atoms with E-state index in [0.29, 0.717) is 17.1 Å². The van der Waals surface area contributed by atoms with E-state index in [0.717, 1.165) is 0 Å². The van der Waals surface area contributed by atoms with Gasteiger partial charge in [0.25, 0.3) is 0 Å². The van der Waals surface area contributed by atoms with Gasteiger partial charge in [0.1, 0.15) is 10.5 Å². The van der Waals surface area contributed by atoms with E-state index in [2.05, 4.69) is 6.58 Å². The smallest absolute Gasteiger partial charge is 0.157 e. The summed E-state index contributed by atoms with van der Waals surface area (Å²) < 4.78 is 3.91. The van der Waals surface area contributed by atoms with Crippen molar-refractivity contribution in [3.63, 3.8) is 0 Å². The lowest BCUT2D eigenvalue weighted by Gasteiger charge is -2.11. The van der Waals surface area contributed by atoms with Crippen LogP contribution in [0.5, 0.6) is 0 Å². The molecule has 0 aromatic carbocycles. The van der Waals surface area contributed by atoms with Crippen LogP contribution in [0.4, 0.5) is 0 Å². The molecule has 48 valence electrons. The van der Waals surface area contributed by atoms with Crippen molar-refractivity contribution < 1.29 is 4.43 Å². The average molecular weight is 171 g/mol. The first-order valence-electron chi connectivity index (χ1n) is 2.13. The Labute approximate surface area is 62.2 Å². The van der Waals surface area contributed by atoms with E-state index in [1.807, 2.05) is 0 Å². The zero-order chi connectivity index (χ0) is 6.62. The maximum atomic E-state index is 5.57. The van der Waals surface area contributed by atoms with Gasteiger partial charge in [-0.05, 0) is 0 Å². The summed E-state index contributed by atoms with van der Waals surface area (Å²) in [6.45, 7) is 3.76. The molecule has 0 heterocycles. The van der Waals surface area contributed by atoms with E-state index in [4.69, 9.17) is 27.6 Å². The Hall–Kier alpha value is 0.497. The van der Waals surface area contributed by atoms with Crippen molar-refractivity contribution in [1.29, 1.82) is 0 Å². The van der Waals surface area contributed by atoms with E-state index in [1.165, 1.54) is 6.08 Å². The second-order valence-corrected chi connectivity index (χ2v) is 3.52. The van der Waals surface area contributed by atoms with Gasteiger partial charge in [-0.15, -0.1) is 6.58 Å². The minimum atomic E-state index is -0.887. The highest BCUT2D eigenvalue weighted by Gasteiger charge is 2.17. The minimum absolute atomic E-state index is 0.339. The standard InChI is InChI=1S/C4H8Cl2OSi/c1-2-4(5,6)3-7-8/h2H,1,3H2,8H3. The highest BCUT2D eigenvalue weighted by Crippen LogP contribution is 2.21. The second-order valence-electron chi connectivity index (χ2n) is 1.40. The van der Waals surface area contributed by atoms with Crippen LogP contribution in [0.1, 0.15) is 0 Å². The summed E-state index contributed by atoms with van der Waals surface area (Å²) in [6.07, 6.45) is 1.45. The fraction of sp³-hybridized carbons (Fsp3) is 0.500. The largest absolute Gasteiger partial charge is 0.425 e. The molecule has 1 nitrogen and oxygen atoms in total. The van der Waals surface area contributed by atoms with Gasteiger partial charge in [-0.1, -0.05) is 29.3 Å². The van der Waals surface area contributed by atoms with Gasteiger partial charge >= 0.3 is 0 Å². The van der Waals surface area contributed by atoms with E-state index in [9.17, 15) is 0 Å². The number of halogens is 2. The Balaban J connectivity index is 3.53. The predicted molar refractivity (Wildman–Crippen MR) is 40.5 cm³/mol. The van der Waals surface area contributed by atoms with Crippen molar-refractivity contribution in [3.05, 3.63) is 12.7 Å². The third-order valence-corrected chi connectivity index (χ3v) is 1.45. The molecule has 0 saturated heterocycles. The molecule has 0 radical (unpaired) electrons. The maximum absolute atomic E-state index is 5.57. The van der Waals surface area contributed by atoms with Crippen LogP contribution < -0.4 is 0 Å². The molecule has 0 saturated carbocycles. The van der Waals surface area contributed by atoms with Gasteiger partial charge in [-0.3, -0.25) is 0 Å². The summed E-state index contributed by atoms with van der Waals surface area (Å²) in [7, 11) is 0.658. The summed E-state index contributed by atoms with van der Waals surface area (Å²) in [6, 6.07) is 0. The molecule has 0 unspecified atom stereocenters. The molecule has 0 bridgehead atoms. The lowest BCUT2D eigenvalue weighted by atomic mass is 10.4. The number of hydrogen-bond acceptors (Lipinski definition) is 1. The molecule has 4 heteroatoms. The van der Waals surface area contributed by atoms with E-state index in [1.54, 1.807) is 0 Å². The zero-order valence-electron chi connectivity index (χ0n) is 4.66. The normalized spacial score (nSPS) is 11.8. The molecule has 0 spiro atoms. The molecular formula is C4H8Cl2OSi. The zero-order valence-corrected chi connectivity index (χ0v) is 8.17. The molecule has 0 aliphatic heterocycles. The third kappa shape index (κ3) is 3.49.